The number of nitrogens with two attached hydrogens (primary N) is 3. The number of thiol groups is 1. The SMILES string of the molecule is CC[C@H](C)[C@H](NC(=O)[C@H](CC(N)=O)NC(=O)[C@H](CCC(=O)O)NC(=O)[C@H](CC(=O)O)NC(=O)[C@@H](N)CS)C(=O)N[C@@H](CC(C)C)C(=O)N[C@@H](Cc1c[nH]c2ccccc12)C(=O)N[C@@H](CC(C)C)C(=O)N[C@@H](CC(=O)O)C(=O)N[C@@H](Cc1ccc(O)cc1)C(=O)N[C@@H](CCCCN)C(=O)O. The molecule has 0 aliphatic heterocycles. The molecule has 3 rings (SSSR count). The number of phenols is 1. The van der Waals surface area contributed by atoms with Gasteiger partial charge in [0, 0.05) is 42.1 Å². The van der Waals surface area contributed by atoms with Crippen LogP contribution in [0.15, 0.2) is 54.7 Å². The second-order valence-corrected chi connectivity index (χ2v) is 25.2. The van der Waals surface area contributed by atoms with Crippen molar-refractivity contribution in [1.82, 2.24) is 58.2 Å². The highest BCUT2D eigenvalue weighted by molar-refractivity contribution is 7.80. The Morgan fingerprint density at radius 1 is 0.495 bits per heavy atom. The van der Waals surface area contributed by atoms with E-state index in [2.05, 4.69) is 70.8 Å². The molecule has 1 aromatic heterocycles. The van der Waals surface area contributed by atoms with Crippen LogP contribution in [0.1, 0.15) is 123 Å². The number of hydrogen-bond acceptors (Lipinski definition) is 19. The minimum absolute atomic E-state index is 0.0334. The topological polar surface area (TPSA) is 571 Å². The van der Waals surface area contributed by atoms with Crippen molar-refractivity contribution in [3.63, 3.8) is 0 Å². The molecule has 0 saturated carbocycles. The van der Waals surface area contributed by atoms with Gasteiger partial charge in [0.15, 0.2) is 0 Å². The molecule has 0 aliphatic rings. The Hall–Kier alpha value is -9.90. The molecule has 3 aromatic rings. The summed E-state index contributed by atoms with van der Waals surface area (Å²) in [7, 11) is 0. The Bertz CT molecular complexity index is 3330. The summed E-state index contributed by atoms with van der Waals surface area (Å²) in [6, 6.07) is -5.74. The lowest BCUT2D eigenvalue weighted by molar-refractivity contribution is -0.143. The van der Waals surface area contributed by atoms with Gasteiger partial charge < -0.3 is 101 Å². The first kappa shape index (κ1) is 83.3. The third-order valence-corrected chi connectivity index (χ3v) is 16.0. The second kappa shape index (κ2) is 41.4. The number of carboxylic acids is 4. The van der Waals surface area contributed by atoms with E-state index in [9.17, 15) is 97.5 Å². The van der Waals surface area contributed by atoms with Crippen molar-refractivity contribution in [3.8, 4) is 5.75 Å². The van der Waals surface area contributed by atoms with E-state index in [4.69, 9.17) is 17.2 Å². The summed E-state index contributed by atoms with van der Waals surface area (Å²) in [6.45, 7) is 10.2. The molecule has 35 heteroatoms. The number of unbranched alkanes of at least 4 members (excludes halogenated alkanes) is 1. The predicted octanol–water partition coefficient (Wildman–Crippen LogP) is -2.19. The second-order valence-electron chi connectivity index (χ2n) is 24.8. The van der Waals surface area contributed by atoms with E-state index in [1.807, 2.05) is 0 Å². The Labute approximate surface area is 576 Å². The van der Waals surface area contributed by atoms with Crippen LogP contribution in [-0.2, 0) is 84.8 Å². The molecule has 0 aliphatic carbocycles. The van der Waals surface area contributed by atoms with Gasteiger partial charge in [-0.25, -0.2) is 4.79 Å². The molecule has 22 N–H and O–H groups in total. The van der Waals surface area contributed by atoms with Crippen LogP contribution in [0, 0.1) is 17.8 Å². The summed E-state index contributed by atoms with van der Waals surface area (Å²) >= 11 is 3.91. The van der Waals surface area contributed by atoms with Crippen LogP contribution >= 0.6 is 12.6 Å². The predicted molar refractivity (Wildman–Crippen MR) is 359 cm³/mol. The molecule has 12 atom stereocenters. The summed E-state index contributed by atoms with van der Waals surface area (Å²) in [4.78, 5) is 205. The van der Waals surface area contributed by atoms with Crippen molar-refractivity contribution in [3.05, 3.63) is 65.9 Å². The number of phenolic OH excluding ortho intramolecular Hbond substituents is 1. The van der Waals surface area contributed by atoms with Gasteiger partial charge in [-0.05, 0) is 92.1 Å². The number of para-hydroxylation sites is 1. The van der Waals surface area contributed by atoms with Crippen molar-refractivity contribution in [1.29, 1.82) is 0 Å². The van der Waals surface area contributed by atoms with Gasteiger partial charge in [0.25, 0.3) is 0 Å². The fourth-order valence-corrected chi connectivity index (χ4v) is 10.3. The summed E-state index contributed by atoms with van der Waals surface area (Å²) in [5.41, 5.74) is 18.2. The van der Waals surface area contributed by atoms with E-state index in [1.165, 1.54) is 24.3 Å². The fourth-order valence-electron chi connectivity index (χ4n) is 10.2. The van der Waals surface area contributed by atoms with Crippen LogP contribution in [0.4, 0.5) is 0 Å². The maximum Gasteiger partial charge on any atom is 0.326 e. The number of fused-ring (bicyclic) bond motifs is 1. The number of carbonyl (C=O) groups excluding carboxylic acids is 11. The van der Waals surface area contributed by atoms with Crippen molar-refractivity contribution in [2.75, 3.05) is 12.3 Å². The molecule has 0 saturated heterocycles. The van der Waals surface area contributed by atoms with Gasteiger partial charge in [-0.2, -0.15) is 12.6 Å². The highest BCUT2D eigenvalue weighted by Gasteiger charge is 2.39. The Kier molecular flexibility index (Phi) is 34.8. The number of amides is 11. The average molecular weight is 1410 g/mol. The van der Waals surface area contributed by atoms with Gasteiger partial charge in [-0.1, -0.05) is 78.3 Å². The molecule has 546 valence electrons. The number of aromatic amines is 1. The zero-order chi connectivity index (χ0) is 74.4. The molecule has 0 bridgehead atoms. The molecular formula is C64H94N14O20S. The van der Waals surface area contributed by atoms with E-state index in [-0.39, 0.29) is 62.5 Å². The normalized spacial score (nSPS) is 14.9. The summed E-state index contributed by atoms with van der Waals surface area (Å²) in [5, 5.41) is 73.7. The van der Waals surface area contributed by atoms with Gasteiger partial charge in [0.2, 0.25) is 65.0 Å². The molecule has 2 aromatic carbocycles. The lowest BCUT2D eigenvalue weighted by Crippen LogP contribution is -2.62. The molecule has 1 heterocycles. The summed E-state index contributed by atoms with van der Waals surface area (Å²) in [5.74, 6) is -20.0. The minimum Gasteiger partial charge on any atom is -0.508 e. The van der Waals surface area contributed by atoms with Crippen molar-refractivity contribution in [2.24, 2.45) is 35.0 Å². The number of aromatic hydroxyl groups is 1. The maximum atomic E-state index is 14.9. The molecule has 99 heavy (non-hydrogen) atoms. The van der Waals surface area contributed by atoms with E-state index < -0.39 is 199 Å². The summed E-state index contributed by atoms with van der Waals surface area (Å²) in [6.07, 6.45) is -2.87. The highest BCUT2D eigenvalue weighted by Crippen LogP contribution is 2.21. The number of H-pyrrole nitrogens is 1. The standard InChI is InChI=1S/C64H94N14O20S/c1-7-33(6)53(78-62(95)46(26-49(67)80)75-55(88)40(19-20-50(81)82)69-60(93)47(27-51(83)84)71-54(87)38(66)30-99)63(96)77-43(23-32(4)5)57(90)74-45(25-35-29-68-39-13-9-8-12-37(35)39)59(92)72-42(22-31(2)3)56(89)76-48(28-52(85)86)61(94)73-44(24-34-15-17-36(79)18-16-34)58(91)70-41(64(97)98)14-10-11-21-65/h8-9,12-13,15-18,29,31-33,38,40-48,53,68,79,99H,7,10-11,14,19-28,30,65-66H2,1-6H3,(H2,67,80)(H,69,93)(H,70,91)(H,71,87)(H,72,92)(H,73,94)(H,74,90)(H,75,88)(H,76,89)(H,77,96)(H,78,95)(H,81,82)(H,83,84)(H,85,86)(H,97,98)/t33-,38-,40-,41-,42-,43-,44-,45-,46-,47-,48-,53-/m0/s1. The molecule has 0 radical (unpaired) electrons. The van der Waals surface area contributed by atoms with E-state index in [1.54, 1.807) is 72.0 Å². The first-order chi connectivity index (χ1) is 46.6. The van der Waals surface area contributed by atoms with E-state index in [0.29, 0.717) is 34.9 Å². The smallest absolute Gasteiger partial charge is 0.326 e. The zero-order valence-electron chi connectivity index (χ0n) is 55.9. The number of hydrogen-bond donors (Lipinski definition) is 20. The van der Waals surface area contributed by atoms with Crippen LogP contribution in [0.3, 0.4) is 0 Å². The first-order valence-corrected chi connectivity index (χ1v) is 32.8. The molecule has 0 unspecified atom stereocenters. The third-order valence-electron chi connectivity index (χ3n) is 15.7. The molecular weight excluding hydrogens is 1320 g/mol. The number of primary amides is 1. The van der Waals surface area contributed by atoms with Gasteiger partial charge in [-0.15, -0.1) is 0 Å². The Balaban J connectivity index is 2.03. The molecule has 11 amide bonds. The number of rotatable bonds is 45. The molecule has 0 spiro atoms. The Morgan fingerprint density at radius 2 is 0.929 bits per heavy atom. The lowest BCUT2D eigenvalue weighted by Gasteiger charge is -2.30. The largest absolute Gasteiger partial charge is 0.508 e. The first-order valence-electron chi connectivity index (χ1n) is 32.2. The van der Waals surface area contributed by atoms with Crippen LogP contribution in [0.2, 0.25) is 0 Å². The molecule has 34 nitrogen and oxygen atoms in total. The van der Waals surface area contributed by atoms with Crippen LogP contribution < -0.4 is 70.4 Å². The number of carbonyl (C=O) groups is 15. The number of nitrogens with one attached hydrogen (secondary N) is 11. The number of aliphatic carboxylic acids is 4. The van der Waals surface area contributed by atoms with Crippen LogP contribution in [0.5, 0.6) is 5.75 Å². The monoisotopic (exact) mass is 1410 g/mol. The summed E-state index contributed by atoms with van der Waals surface area (Å²) < 4.78 is 0. The van der Waals surface area contributed by atoms with Crippen molar-refractivity contribution in [2.45, 2.75) is 191 Å². The minimum atomic E-state index is -1.94. The fraction of sp³-hybridized carbons (Fsp3) is 0.547. The van der Waals surface area contributed by atoms with E-state index in [0.717, 1.165) is 0 Å². The average Bonchev–Trinajstić information content (AvgIpc) is 1.76. The van der Waals surface area contributed by atoms with Crippen LogP contribution in [-0.4, -0.2) is 198 Å². The molecule has 0 fully saturated rings. The van der Waals surface area contributed by atoms with Gasteiger partial charge in [-0.3, -0.25) is 67.1 Å². The number of aromatic nitrogens is 1. The van der Waals surface area contributed by atoms with Gasteiger partial charge in [0.05, 0.1) is 25.3 Å². The zero-order valence-corrected chi connectivity index (χ0v) is 56.8. The van der Waals surface area contributed by atoms with Crippen molar-refractivity contribution >= 4 is 112 Å². The maximum absolute atomic E-state index is 14.9. The lowest BCUT2D eigenvalue weighted by atomic mass is 9.96. The quantitative estimate of drug-likeness (QED) is 0.0211. The Morgan fingerprint density at radius 3 is 1.41 bits per heavy atom. The number of benzene rings is 2. The van der Waals surface area contributed by atoms with Gasteiger partial charge in [0.1, 0.15) is 66.2 Å². The van der Waals surface area contributed by atoms with Crippen LogP contribution in [0.25, 0.3) is 10.9 Å². The van der Waals surface area contributed by atoms with E-state index >= 15 is 0 Å². The van der Waals surface area contributed by atoms with Crippen molar-refractivity contribution < 1.29 is 97.5 Å². The number of carboxylic acid groups (broad SMARTS) is 4. The third kappa shape index (κ3) is 29.0. The highest BCUT2D eigenvalue weighted by atomic mass is 32.1. The van der Waals surface area contributed by atoms with Gasteiger partial charge >= 0.3 is 23.9 Å².